The van der Waals surface area contributed by atoms with E-state index in [1.54, 1.807) is 7.11 Å². The largest absolute Gasteiger partial charge is 0.497 e. The van der Waals surface area contributed by atoms with Crippen LogP contribution in [0.3, 0.4) is 0 Å². The molecule has 4 N–H and O–H groups in total. The van der Waals surface area contributed by atoms with Gasteiger partial charge in [-0.15, -0.1) is 0 Å². The number of benzene rings is 1. The lowest BCUT2D eigenvalue weighted by atomic mass is 10.3. The summed E-state index contributed by atoms with van der Waals surface area (Å²) in [5.74, 6) is 2.36. The van der Waals surface area contributed by atoms with E-state index < -0.39 is 0 Å². The van der Waals surface area contributed by atoms with Crippen molar-refractivity contribution in [2.24, 2.45) is 5.73 Å². The second-order valence-corrected chi connectivity index (χ2v) is 3.82. The van der Waals surface area contributed by atoms with E-state index in [-0.39, 0.29) is 0 Å². The molecule has 0 spiro atoms. The van der Waals surface area contributed by atoms with Gasteiger partial charge in [-0.2, -0.15) is 5.10 Å². The molecule has 0 radical (unpaired) electrons. The van der Waals surface area contributed by atoms with Gasteiger partial charge in [0.05, 0.1) is 13.7 Å². The summed E-state index contributed by atoms with van der Waals surface area (Å²) in [6.07, 6.45) is 0.690. The molecule has 6 heteroatoms. The molecule has 96 valence electrons. The molecule has 2 aromatic rings. The summed E-state index contributed by atoms with van der Waals surface area (Å²) in [6, 6.07) is 7.73. The third-order valence-electron chi connectivity index (χ3n) is 2.48. The number of nitrogens with zero attached hydrogens (tertiary/aromatic N) is 2. The lowest BCUT2D eigenvalue weighted by Gasteiger charge is -2.05. The summed E-state index contributed by atoms with van der Waals surface area (Å²) in [4.78, 5) is 4.32. The van der Waals surface area contributed by atoms with Gasteiger partial charge in [0.15, 0.2) is 5.82 Å². The number of H-pyrrole nitrogens is 1. The van der Waals surface area contributed by atoms with Crippen molar-refractivity contribution in [3.8, 4) is 5.75 Å². The number of aromatic amines is 1. The molecule has 2 rings (SSSR count). The molecule has 0 unspecified atom stereocenters. The molecular formula is C12H17N5O. The zero-order valence-corrected chi connectivity index (χ0v) is 10.3. The first-order valence-corrected chi connectivity index (χ1v) is 5.80. The fraction of sp³-hybridized carbons (Fsp3) is 0.333. The lowest BCUT2D eigenvalue weighted by molar-refractivity contribution is 0.415. The van der Waals surface area contributed by atoms with E-state index in [1.807, 2.05) is 24.3 Å². The average Bonchev–Trinajstić information content (AvgIpc) is 2.85. The van der Waals surface area contributed by atoms with Gasteiger partial charge in [0.1, 0.15) is 11.6 Å². The summed E-state index contributed by atoms with van der Waals surface area (Å²) in [5, 5.41) is 10.2. The van der Waals surface area contributed by atoms with Crippen molar-refractivity contribution >= 4 is 5.69 Å². The van der Waals surface area contributed by atoms with Crippen LogP contribution >= 0.6 is 0 Å². The highest BCUT2D eigenvalue weighted by Crippen LogP contribution is 2.16. The number of hydrogen-bond acceptors (Lipinski definition) is 5. The number of rotatable bonds is 6. The number of anilines is 1. The van der Waals surface area contributed by atoms with Gasteiger partial charge in [-0.1, -0.05) is 6.07 Å². The number of ether oxygens (including phenoxy) is 1. The molecule has 18 heavy (non-hydrogen) atoms. The van der Waals surface area contributed by atoms with Gasteiger partial charge >= 0.3 is 0 Å². The number of nitrogens with two attached hydrogens (primary N) is 1. The molecular weight excluding hydrogens is 230 g/mol. The van der Waals surface area contributed by atoms with Gasteiger partial charge in [-0.3, -0.25) is 5.10 Å². The predicted octanol–water partition coefficient (Wildman–Crippen LogP) is 0.927. The minimum atomic E-state index is 0.556. The van der Waals surface area contributed by atoms with E-state index >= 15 is 0 Å². The molecule has 0 atom stereocenters. The second-order valence-electron chi connectivity index (χ2n) is 3.82. The Morgan fingerprint density at radius 3 is 3.11 bits per heavy atom. The van der Waals surface area contributed by atoms with Crippen LogP contribution in [0, 0.1) is 0 Å². The SMILES string of the molecule is COc1cccc(NCc2nc(CCN)n[nH]2)c1. The maximum absolute atomic E-state index is 5.44. The van der Waals surface area contributed by atoms with Crippen LogP contribution in [0.5, 0.6) is 5.75 Å². The van der Waals surface area contributed by atoms with Crippen LogP contribution in [0.1, 0.15) is 11.6 Å². The first-order chi connectivity index (χ1) is 8.81. The fourth-order valence-electron chi connectivity index (χ4n) is 1.57. The Labute approximate surface area is 106 Å². The molecule has 1 aromatic heterocycles. The van der Waals surface area contributed by atoms with Crippen molar-refractivity contribution in [1.82, 2.24) is 15.2 Å². The van der Waals surface area contributed by atoms with Crippen LogP contribution in [0.15, 0.2) is 24.3 Å². The highest BCUT2D eigenvalue weighted by Gasteiger charge is 2.02. The molecule has 0 aliphatic heterocycles. The average molecular weight is 247 g/mol. The van der Waals surface area contributed by atoms with Crippen molar-refractivity contribution in [3.63, 3.8) is 0 Å². The molecule has 0 aliphatic rings. The molecule has 1 heterocycles. The van der Waals surface area contributed by atoms with Crippen molar-refractivity contribution in [2.45, 2.75) is 13.0 Å². The van der Waals surface area contributed by atoms with Gasteiger partial charge in [-0.25, -0.2) is 4.98 Å². The van der Waals surface area contributed by atoms with Crippen molar-refractivity contribution < 1.29 is 4.74 Å². The van der Waals surface area contributed by atoms with Crippen molar-refractivity contribution in [3.05, 3.63) is 35.9 Å². The van der Waals surface area contributed by atoms with Crippen molar-refractivity contribution in [1.29, 1.82) is 0 Å². The van der Waals surface area contributed by atoms with Gasteiger partial charge in [0.25, 0.3) is 0 Å². The smallest absolute Gasteiger partial charge is 0.152 e. The van der Waals surface area contributed by atoms with Crippen LogP contribution in [-0.2, 0) is 13.0 Å². The molecule has 0 saturated heterocycles. The number of hydrogen-bond donors (Lipinski definition) is 3. The minimum absolute atomic E-state index is 0.556. The van der Waals surface area contributed by atoms with E-state index in [0.29, 0.717) is 19.5 Å². The van der Waals surface area contributed by atoms with Crippen LogP contribution in [0.4, 0.5) is 5.69 Å². The highest BCUT2D eigenvalue weighted by molar-refractivity contribution is 5.48. The lowest BCUT2D eigenvalue weighted by Crippen LogP contribution is -2.04. The standard InChI is InChI=1S/C12H17N5O/c1-18-10-4-2-3-9(7-10)14-8-12-15-11(5-6-13)16-17-12/h2-4,7,14H,5-6,8,13H2,1H3,(H,15,16,17). The monoisotopic (exact) mass is 247 g/mol. The van der Waals surface area contributed by atoms with E-state index in [9.17, 15) is 0 Å². The van der Waals surface area contributed by atoms with E-state index in [2.05, 4.69) is 20.5 Å². The topological polar surface area (TPSA) is 88.8 Å². The van der Waals surface area contributed by atoms with Crippen LogP contribution < -0.4 is 15.8 Å². The quantitative estimate of drug-likeness (QED) is 0.706. The molecule has 0 aliphatic carbocycles. The first kappa shape index (κ1) is 12.4. The molecule has 1 aromatic carbocycles. The zero-order valence-electron chi connectivity index (χ0n) is 10.3. The van der Waals surface area contributed by atoms with Gasteiger partial charge < -0.3 is 15.8 Å². The Morgan fingerprint density at radius 2 is 2.33 bits per heavy atom. The Bertz CT molecular complexity index is 497. The predicted molar refractivity (Wildman–Crippen MR) is 69.5 cm³/mol. The van der Waals surface area contributed by atoms with Crippen LogP contribution in [-0.4, -0.2) is 28.8 Å². The summed E-state index contributed by atoms with van der Waals surface area (Å²) in [5.41, 5.74) is 6.42. The van der Waals surface area contributed by atoms with Gasteiger partial charge in [0, 0.05) is 18.2 Å². The third-order valence-corrected chi connectivity index (χ3v) is 2.48. The molecule has 0 saturated carbocycles. The molecule has 0 fully saturated rings. The summed E-state index contributed by atoms with van der Waals surface area (Å²) in [6.45, 7) is 1.14. The van der Waals surface area contributed by atoms with Crippen LogP contribution in [0.25, 0.3) is 0 Å². The number of aromatic nitrogens is 3. The Balaban J connectivity index is 1.93. The van der Waals surface area contributed by atoms with E-state index in [1.165, 1.54) is 0 Å². The fourth-order valence-corrected chi connectivity index (χ4v) is 1.57. The Kier molecular flexibility index (Phi) is 4.14. The van der Waals surface area contributed by atoms with Crippen LogP contribution in [0.2, 0.25) is 0 Å². The summed E-state index contributed by atoms with van der Waals surface area (Å²) in [7, 11) is 1.65. The zero-order chi connectivity index (χ0) is 12.8. The van der Waals surface area contributed by atoms with Gasteiger partial charge in [-0.05, 0) is 18.7 Å². The van der Waals surface area contributed by atoms with E-state index in [4.69, 9.17) is 10.5 Å². The Morgan fingerprint density at radius 1 is 1.44 bits per heavy atom. The summed E-state index contributed by atoms with van der Waals surface area (Å²) >= 11 is 0. The Hall–Kier alpha value is -2.08. The van der Waals surface area contributed by atoms with Gasteiger partial charge in [0.2, 0.25) is 0 Å². The maximum Gasteiger partial charge on any atom is 0.152 e. The van der Waals surface area contributed by atoms with E-state index in [0.717, 1.165) is 23.1 Å². The normalized spacial score (nSPS) is 10.3. The molecule has 0 amide bonds. The summed E-state index contributed by atoms with van der Waals surface area (Å²) < 4.78 is 5.15. The molecule has 6 nitrogen and oxygen atoms in total. The number of nitrogens with one attached hydrogen (secondary N) is 2. The first-order valence-electron chi connectivity index (χ1n) is 5.80. The third kappa shape index (κ3) is 3.21. The van der Waals surface area contributed by atoms with Crippen molar-refractivity contribution in [2.75, 3.05) is 19.0 Å². The molecule has 0 bridgehead atoms. The number of methoxy groups -OCH3 is 1. The second kappa shape index (κ2) is 6.02. The maximum atomic E-state index is 5.44. The highest BCUT2D eigenvalue weighted by atomic mass is 16.5. The minimum Gasteiger partial charge on any atom is -0.497 e.